The summed E-state index contributed by atoms with van der Waals surface area (Å²) in [5.41, 5.74) is 0.563. The van der Waals surface area contributed by atoms with Crippen molar-refractivity contribution in [2.24, 2.45) is 0 Å². The summed E-state index contributed by atoms with van der Waals surface area (Å²) in [4.78, 5) is 7.54. The van der Waals surface area contributed by atoms with Crippen LogP contribution in [0.4, 0.5) is 4.39 Å². The molecule has 0 spiro atoms. The fourth-order valence-electron chi connectivity index (χ4n) is 1.13. The van der Waals surface area contributed by atoms with Gasteiger partial charge in [0.2, 0.25) is 11.2 Å². The average molecular weight is 239 g/mol. The second-order valence-corrected chi connectivity index (χ2v) is 3.52. The van der Waals surface area contributed by atoms with Crippen molar-refractivity contribution >= 4 is 11.6 Å². The lowest BCUT2D eigenvalue weighted by molar-refractivity contribution is 0.456. The first kappa shape index (κ1) is 10.8. The summed E-state index contributed by atoms with van der Waals surface area (Å²) in [6.07, 6.45) is 1.47. The molecule has 82 valence electrons. The van der Waals surface area contributed by atoms with Crippen LogP contribution in [0.25, 0.3) is 0 Å². The van der Waals surface area contributed by atoms with Gasteiger partial charge in [-0.2, -0.15) is 4.98 Å². The number of aryl methyl sites for hydroxylation is 1. The molecule has 0 radical (unpaired) electrons. The van der Waals surface area contributed by atoms with Crippen LogP contribution in [0.15, 0.2) is 30.5 Å². The lowest BCUT2D eigenvalue weighted by atomic mass is 10.2. The van der Waals surface area contributed by atoms with E-state index in [2.05, 4.69) is 9.97 Å². The van der Waals surface area contributed by atoms with E-state index in [0.717, 1.165) is 0 Å². The second kappa shape index (κ2) is 4.45. The molecule has 0 aliphatic rings. The lowest BCUT2D eigenvalue weighted by Gasteiger charge is -2.05. The SMILES string of the molecule is Cc1ccc(Oc2ccnc(Cl)n2)cc1F. The lowest BCUT2D eigenvalue weighted by Crippen LogP contribution is -1.91. The van der Waals surface area contributed by atoms with Gasteiger partial charge in [-0.1, -0.05) is 6.07 Å². The van der Waals surface area contributed by atoms with E-state index in [1.165, 1.54) is 12.3 Å². The van der Waals surface area contributed by atoms with E-state index in [1.54, 1.807) is 25.1 Å². The molecule has 0 unspecified atom stereocenters. The van der Waals surface area contributed by atoms with E-state index in [9.17, 15) is 4.39 Å². The van der Waals surface area contributed by atoms with E-state index in [-0.39, 0.29) is 17.0 Å². The van der Waals surface area contributed by atoms with Crippen molar-refractivity contribution < 1.29 is 9.13 Å². The van der Waals surface area contributed by atoms with Crippen molar-refractivity contribution in [3.05, 3.63) is 47.1 Å². The number of halogens is 2. The maximum Gasteiger partial charge on any atom is 0.225 e. The summed E-state index contributed by atoms with van der Waals surface area (Å²) in [6, 6.07) is 6.14. The molecule has 3 nitrogen and oxygen atoms in total. The largest absolute Gasteiger partial charge is 0.439 e. The Morgan fingerprint density at radius 1 is 1.31 bits per heavy atom. The van der Waals surface area contributed by atoms with Gasteiger partial charge in [0.1, 0.15) is 11.6 Å². The Morgan fingerprint density at radius 3 is 2.81 bits per heavy atom. The number of hydrogen-bond acceptors (Lipinski definition) is 3. The second-order valence-electron chi connectivity index (χ2n) is 3.18. The summed E-state index contributed by atoms with van der Waals surface area (Å²) >= 11 is 5.59. The molecule has 1 aromatic carbocycles. The highest BCUT2D eigenvalue weighted by molar-refractivity contribution is 6.28. The van der Waals surface area contributed by atoms with Crippen molar-refractivity contribution in [2.75, 3.05) is 0 Å². The number of hydrogen-bond donors (Lipinski definition) is 0. The molecule has 0 aliphatic carbocycles. The summed E-state index contributed by atoms with van der Waals surface area (Å²) in [6.45, 7) is 1.68. The average Bonchev–Trinajstić information content (AvgIpc) is 2.24. The molecule has 1 heterocycles. The summed E-state index contributed by atoms with van der Waals surface area (Å²) < 4.78 is 18.5. The van der Waals surface area contributed by atoms with Gasteiger partial charge in [0.15, 0.2) is 0 Å². The fraction of sp³-hybridized carbons (Fsp3) is 0.0909. The zero-order valence-corrected chi connectivity index (χ0v) is 9.20. The Morgan fingerprint density at radius 2 is 2.12 bits per heavy atom. The molecule has 0 N–H and O–H groups in total. The van der Waals surface area contributed by atoms with Gasteiger partial charge in [0.25, 0.3) is 0 Å². The molecule has 16 heavy (non-hydrogen) atoms. The summed E-state index contributed by atoms with van der Waals surface area (Å²) in [5.74, 6) is 0.332. The molecule has 0 amide bonds. The van der Waals surface area contributed by atoms with Crippen molar-refractivity contribution in [2.45, 2.75) is 6.92 Å². The van der Waals surface area contributed by atoms with Gasteiger partial charge >= 0.3 is 0 Å². The molecule has 0 atom stereocenters. The van der Waals surface area contributed by atoms with Crippen molar-refractivity contribution in [3.8, 4) is 11.6 Å². The van der Waals surface area contributed by atoms with Crippen molar-refractivity contribution in [1.29, 1.82) is 0 Å². The molecule has 0 fully saturated rings. The van der Waals surface area contributed by atoms with Crippen LogP contribution in [0, 0.1) is 12.7 Å². The molecule has 0 aliphatic heterocycles. The normalized spacial score (nSPS) is 10.2. The van der Waals surface area contributed by atoms with E-state index >= 15 is 0 Å². The zero-order valence-electron chi connectivity index (χ0n) is 8.45. The molecular weight excluding hydrogens is 231 g/mol. The first-order chi connectivity index (χ1) is 7.65. The van der Waals surface area contributed by atoms with Crippen LogP contribution in [0.1, 0.15) is 5.56 Å². The van der Waals surface area contributed by atoms with Gasteiger partial charge in [-0.05, 0) is 30.2 Å². The minimum absolute atomic E-state index is 0.0880. The molecule has 1 aromatic heterocycles. The number of ether oxygens (including phenoxy) is 1. The van der Waals surface area contributed by atoms with Gasteiger partial charge in [-0.3, -0.25) is 0 Å². The quantitative estimate of drug-likeness (QED) is 0.753. The first-order valence-electron chi connectivity index (χ1n) is 4.58. The molecule has 0 saturated carbocycles. The zero-order chi connectivity index (χ0) is 11.5. The van der Waals surface area contributed by atoms with Gasteiger partial charge in [0, 0.05) is 18.3 Å². The highest BCUT2D eigenvalue weighted by Crippen LogP contribution is 2.21. The summed E-state index contributed by atoms with van der Waals surface area (Å²) in [7, 11) is 0. The summed E-state index contributed by atoms with van der Waals surface area (Å²) in [5, 5.41) is 0.0880. The van der Waals surface area contributed by atoms with Crippen LogP contribution in [-0.4, -0.2) is 9.97 Å². The van der Waals surface area contributed by atoms with E-state index in [0.29, 0.717) is 11.3 Å². The third-order valence-electron chi connectivity index (χ3n) is 1.97. The molecule has 0 bridgehead atoms. The molecule has 0 saturated heterocycles. The van der Waals surface area contributed by atoms with Crippen LogP contribution < -0.4 is 4.74 Å². The maximum atomic E-state index is 13.2. The minimum atomic E-state index is -0.322. The Hall–Kier alpha value is -1.68. The molecular formula is C11H8ClFN2O. The standard InChI is InChI=1S/C11H8ClFN2O/c1-7-2-3-8(6-9(7)13)16-10-4-5-14-11(12)15-10/h2-6H,1H3. The smallest absolute Gasteiger partial charge is 0.225 e. The Labute approximate surface area is 96.9 Å². The first-order valence-corrected chi connectivity index (χ1v) is 4.95. The Bertz CT molecular complexity index is 519. The highest BCUT2D eigenvalue weighted by Gasteiger charge is 2.03. The van der Waals surface area contributed by atoms with E-state index in [4.69, 9.17) is 16.3 Å². The predicted molar refractivity (Wildman–Crippen MR) is 58.3 cm³/mol. The van der Waals surface area contributed by atoms with E-state index < -0.39 is 0 Å². The van der Waals surface area contributed by atoms with Crippen LogP contribution in [-0.2, 0) is 0 Å². The molecule has 2 rings (SSSR count). The van der Waals surface area contributed by atoms with Crippen molar-refractivity contribution in [1.82, 2.24) is 9.97 Å². The third-order valence-corrected chi connectivity index (χ3v) is 2.15. The van der Waals surface area contributed by atoms with Crippen LogP contribution in [0.5, 0.6) is 11.6 Å². The predicted octanol–water partition coefficient (Wildman–Crippen LogP) is 3.37. The highest BCUT2D eigenvalue weighted by atomic mass is 35.5. The fourth-order valence-corrected chi connectivity index (χ4v) is 1.27. The third kappa shape index (κ3) is 2.46. The Balaban J connectivity index is 2.24. The van der Waals surface area contributed by atoms with Crippen molar-refractivity contribution in [3.63, 3.8) is 0 Å². The van der Waals surface area contributed by atoms with Gasteiger partial charge in [-0.15, -0.1) is 0 Å². The van der Waals surface area contributed by atoms with Crippen LogP contribution in [0.2, 0.25) is 5.28 Å². The number of benzene rings is 1. The number of nitrogens with zero attached hydrogens (tertiary/aromatic N) is 2. The van der Waals surface area contributed by atoms with E-state index in [1.807, 2.05) is 0 Å². The monoisotopic (exact) mass is 238 g/mol. The van der Waals surface area contributed by atoms with Crippen LogP contribution >= 0.6 is 11.6 Å². The van der Waals surface area contributed by atoms with Gasteiger partial charge in [-0.25, -0.2) is 9.37 Å². The van der Waals surface area contributed by atoms with Gasteiger partial charge < -0.3 is 4.74 Å². The molecule has 2 aromatic rings. The number of aromatic nitrogens is 2. The Kier molecular flexibility index (Phi) is 3.01. The molecule has 5 heteroatoms. The van der Waals surface area contributed by atoms with Gasteiger partial charge in [0.05, 0.1) is 0 Å². The minimum Gasteiger partial charge on any atom is -0.439 e. The topological polar surface area (TPSA) is 35.0 Å². The maximum absolute atomic E-state index is 13.2. The van der Waals surface area contributed by atoms with Crippen LogP contribution in [0.3, 0.4) is 0 Å². The number of rotatable bonds is 2.